The molecular formula is C14H16O7. The predicted octanol–water partition coefficient (Wildman–Crippen LogP) is 0.761. The number of rotatable bonds is 7. The lowest BCUT2D eigenvalue weighted by Gasteiger charge is -2.21. The average molecular weight is 296 g/mol. The molecule has 1 rings (SSSR count). The maximum atomic E-state index is 11.6. The molecule has 1 aromatic rings. The van der Waals surface area contributed by atoms with Gasteiger partial charge in [0.25, 0.3) is 0 Å². The smallest absolute Gasteiger partial charge is 0.350 e. The van der Waals surface area contributed by atoms with E-state index in [9.17, 15) is 14.4 Å². The number of ether oxygens (including phenoxy) is 3. The zero-order valence-corrected chi connectivity index (χ0v) is 11.6. The molecule has 0 radical (unpaired) electrons. The Morgan fingerprint density at radius 1 is 1.14 bits per heavy atom. The number of carbonyl (C=O) groups excluding carboxylic acids is 2. The van der Waals surface area contributed by atoms with Crippen molar-refractivity contribution in [2.45, 2.75) is 25.7 Å². The highest BCUT2D eigenvalue weighted by Crippen LogP contribution is 2.11. The van der Waals surface area contributed by atoms with Gasteiger partial charge in [0.05, 0.1) is 13.7 Å². The lowest BCUT2D eigenvalue weighted by Crippen LogP contribution is -2.45. The van der Waals surface area contributed by atoms with Crippen LogP contribution in [-0.2, 0) is 35.2 Å². The van der Waals surface area contributed by atoms with Gasteiger partial charge in [-0.05, 0) is 5.56 Å². The van der Waals surface area contributed by atoms with Crippen molar-refractivity contribution in [3.8, 4) is 0 Å². The van der Waals surface area contributed by atoms with E-state index >= 15 is 0 Å². The van der Waals surface area contributed by atoms with Crippen molar-refractivity contribution in [3.05, 3.63) is 35.9 Å². The van der Waals surface area contributed by atoms with E-state index in [4.69, 9.17) is 14.6 Å². The summed E-state index contributed by atoms with van der Waals surface area (Å²) in [4.78, 5) is 33.8. The fourth-order valence-electron chi connectivity index (χ4n) is 1.58. The molecule has 0 fully saturated rings. The summed E-state index contributed by atoms with van der Waals surface area (Å²) in [5.74, 6) is -3.23. The number of hydrogen-bond donors (Lipinski definition) is 1. The van der Waals surface area contributed by atoms with Gasteiger partial charge in [-0.3, -0.25) is 4.79 Å². The Morgan fingerprint density at radius 2 is 1.76 bits per heavy atom. The van der Waals surface area contributed by atoms with E-state index in [0.29, 0.717) is 0 Å². The Kier molecular flexibility index (Phi) is 6.35. The summed E-state index contributed by atoms with van der Waals surface area (Å²) in [5, 5.41) is 9.15. The van der Waals surface area contributed by atoms with E-state index < -0.39 is 30.1 Å². The average Bonchev–Trinajstić information content (AvgIpc) is 2.45. The van der Waals surface area contributed by atoms with Gasteiger partial charge in [0.1, 0.15) is 0 Å². The van der Waals surface area contributed by atoms with Crippen molar-refractivity contribution >= 4 is 17.9 Å². The third-order valence-electron chi connectivity index (χ3n) is 2.52. The van der Waals surface area contributed by atoms with Gasteiger partial charge in [-0.25, -0.2) is 9.59 Å². The SMILES string of the molecule is COC(=O)[C@H](OC(C)=O)[C@@H](OCc1ccccc1)C(=O)O. The van der Waals surface area contributed by atoms with Crippen molar-refractivity contribution in [1.29, 1.82) is 0 Å². The molecule has 2 atom stereocenters. The number of carboxylic acid groups (broad SMARTS) is 1. The monoisotopic (exact) mass is 296 g/mol. The Balaban J connectivity index is 2.83. The van der Waals surface area contributed by atoms with Crippen LogP contribution in [0.1, 0.15) is 12.5 Å². The molecule has 0 aliphatic heterocycles. The Hall–Kier alpha value is -2.41. The zero-order valence-electron chi connectivity index (χ0n) is 11.6. The molecule has 0 saturated carbocycles. The van der Waals surface area contributed by atoms with Crippen LogP contribution >= 0.6 is 0 Å². The number of esters is 2. The first-order valence-corrected chi connectivity index (χ1v) is 6.09. The highest BCUT2D eigenvalue weighted by atomic mass is 16.6. The summed E-state index contributed by atoms with van der Waals surface area (Å²) in [6, 6.07) is 8.79. The summed E-state index contributed by atoms with van der Waals surface area (Å²) in [6.45, 7) is 1.01. The lowest BCUT2D eigenvalue weighted by atomic mass is 10.2. The molecule has 1 aromatic carbocycles. The van der Waals surface area contributed by atoms with Gasteiger partial charge in [-0.2, -0.15) is 0 Å². The number of hydrogen-bond acceptors (Lipinski definition) is 6. The third kappa shape index (κ3) is 5.23. The first kappa shape index (κ1) is 16.6. The van der Waals surface area contributed by atoms with Crippen molar-refractivity contribution in [3.63, 3.8) is 0 Å². The first-order chi connectivity index (χ1) is 9.95. The second-order valence-corrected chi connectivity index (χ2v) is 4.11. The summed E-state index contributed by atoms with van der Waals surface area (Å²) >= 11 is 0. The van der Waals surface area contributed by atoms with Crippen LogP contribution in [0.3, 0.4) is 0 Å². The van der Waals surface area contributed by atoms with E-state index in [0.717, 1.165) is 19.6 Å². The molecule has 7 nitrogen and oxygen atoms in total. The Bertz CT molecular complexity index is 497. The standard InChI is InChI=1S/C14H16O7/c1-9(15)21-12(14(18)19-2)11(13(16)17)20-8-10-6-4-3-5-7-10/h3-7,11-12H,8H2,1-2H3,(H,16,17)/t11-,12-/m1/s1. The number of aliphatic carboxylic acids is 1. The van der Waals surface area contributed by atoms with Crippen LogP contribution in [0, 0.1) is 0 Å². The molecule has 0 aliphatic rings. The molecule has 1 N–H and O–H groups in total. The van der Waals surface area contributed by atoms with Gasteiger partial charge in [-0.15, -0.1) is 0 Å². The molecule has 0 heterocycles. The molecule has 21 heavy (non-hydrogen) atoms. The largest absolute Gasteiger partial charge is 0.479 e. The molecule has 0 saturated heterocycles. The second-order valence-electron chi connectivity index (χ2n) is 4.11. The highest BCUT2D eigenvalue weighted by molar-refractivity contribution is 5.86. The van der Waals surface area contributed by atoms with Gasteiger partial charge in [0, 0.05) is 6.92 Å². The summed E-state index contributed by atoms with van der Waals surface area (Å²) in [5.41, 5.74) is 0.718. The van der Waals surface area contributed by atoms with Crippen LogP contribution in [0.2, 0.25) is 0 Å². The molecule has 0 spiro atoms. The normalized spacial score (nSPS) is 13.0. The maximum absolute atomic E-state index is 11.6. The minimum Gasteiger partial charge on any atom is -0.479 e. The second kappa shape index (κ2) is 8.01. The highest BCUT2D eigenvalue weighted by Gasteiger charge is 2.38. The number of methoxy groups -OCH3 is 1. The van der Waals surface area contributed by atoms with Gasteiger partial charge >= 0.3 is 17.9 Å². The van der Waals surface area contributed by atoms with Crippen LogP contribution < -0.4 is 0 Å². The van der Waals surface area contributed by atoms with Gasteiger partial charge in [0.2, 0.25) is 12.2 Å². The van der Waals surface area contributed by atoms with E-state index in [1.165, 1.54) is 0 Å². The van der Waals surface area contributed by atoms with Gasteiger partial charge in [0.15, 0.2) is 0 Å². The van der Waals surface area contributed by atoms with Gasteiger partial charge in [-0.1, -0.05) is 30.3 Å². The van der Waals surface area contributed by atoms with Crippen LogP contribution in [0.15, 0.2) is 30.3 Å². The Labute approximate surface area is 121 Å². The summed E-state index contributed by atoms with van der Waals surface area (Å²) in [7, 11) is 1.06. The molecule has 0 aromatic heterocycles. The number of benzene rings is 1. The molecule has 114 valence electrons. The van der Waals surface area contributed by atoms with Crippen LogP contribution in [-0.4, -0.2) is 42.3 Å². The van der Waals surface area contributed by atoms with E-state index in [1.807, 2.05) is 0 Å². The van der Waals surface area contributed by atoms with E-state index in [2.05, 4.69) is 4.74 Å². The molecule has 0 aliphatic carbocycles. The molecule has 7 heteroatoms. The van der Waals surface area contributed by atoms with Crippen molar-refractivity contribution in [1.82, 2.24) is 0 Å². The summed E-state index contributed by atoms with van der Waals surface area (Å²) in [6.07, 6.45) is -3.31. The summed E-state index contributed by atoms with van der Waals surface area (Å²) < 4.78 is 14.3. The Morgan fingerprint density at radius 3 is 2.24 bits per heavy atom. The first-order valence-electron chi connectivity index (χ1n) is 6.09. The van der Waals surface area contributed by atoms with Crippen molar-refractivity contribution < 1.29 is 33.7 Å². The van der Waals surface area contributed by atoms with Crippen LogP contribution in [0.25, 0.3) is 0 Å². The quantitative estimate of drug-likeness (QED) is 0.741. The maximum Gasteiger partial charge on any atom is 0.350 e. The number of carboxylic acids is 1. The molecular weight excluding hydrogens is 280 g/mol. The lowest BCUT2D eigenvalue weighted by molar-refractivity contribution is -0.184. The van der Waals surface area contributed by atoms with Crippen LogP contribution in [0.4, 0.5) is 0 Å². The molecule has 0 amide bonds. The minimum atomic E-state index is -1.66. The van der Waals surface area contributed by atoms with E-state index in [-0.39, 0.29) is 6.61 Å². The topological polar surface area (TPSA) is 99.1 Å². The zero-order chi connectivity index (χ0) is 15.8. The molecule has 0 unspecified atom stereocenters. The molecule has 0 bridgehead atoms. The van der Waals surface area contributed by atoms with Crippen molar-refractivity contribution in [2.75, 3.05) is 7.11 Å². The fourth-order valence-corrected chi connectivity index (χ4v) is 1.58. The van der Waals surface area contributed by atoms with Gasteiger partial charge < -0.3 is 19.3 Å². The van der Waals surface area contributed by atoms with E-state index in [1.54, 1.807) is 30.3 Å². The predicted molar refractivity (Wildman–Crippen MR) is 70.2 cm³/mol. The minimum absolute atomic E-state index is 0.0490. The number of carbonyl (C=O) groups is 3. The fraction of sp³-hybridized carbons (Fsp3) is 0.357. The van der Waals surface area contributed by atoms with Crippen LogP contribution in [0.5, 0.6) is 0 Å². The third-order valence-corrected chi connectivity index (χ3v) is 2.52. The van der Waals surface area contributed by atoms with Crippen molar-refractivity contribution in [2.24, 2.45) is 0 Å².